The Hall–Kier alpha value is -1.94. The maximum atomic E-state index is 12.2. The normalized spacial score (nSPS) is 12.0. The predicted octanol–water partition coefficient (Wildman–Crippen LogP) is 4.00. The van der Waals surface area contributed by atoms with Gasteiger partial charge in [-0.2, -0.15) is 0 Å². The van der Waals surface area contributed by atoms with Crippen LogP contribution in [0.1, 0.15) is 18.1 Å². The lowest BCUT2D eigenvalue weighted by atomic mass is 10.1. The standard InChI is InChI=1S/C17H20N2OS/c1-11-8-9-14(10-12(11)2)21-13(3)17(20)19-16-7-5-4-6-15(16)18/h4-10,13H,18H2,1-3H3,(H,19,20). The van der Waals surface area contributed by atoms with Crippen LogP contribution in [0.4, 0.5) is 11.4 Å². The molecule has 2 aromatic carbocycles. The number of carbonyl (C=O) groups is 1. The lowest BCUT2D eigenvalue weighted by molar-refractivity contribution is -0.115. The summed E-state index contributed by atoms with van der Waals surface area (Å²) in [6.07, 6.45) is 0. The lowest BCUT2D eigenvalue weighted by Crippen LogP contribution is -2.22. The molecule has 0 bridgehead atoms. The number of carbonyl (C=O) groups excluding carboxylic acids is 1. The number of amides is 1. The summed E-state index contributed by atoms with van der Waals surface area (Å²) in [6.45, 7) is 6.06. The molecule has 0 aliphatic carbocycles. The molecule has 4 heteroatoms. The minimum Gasteiger partial charge on any atom is -0.397 e. The zero-order chi connectivity index (χ0) is 15.4. The van der Waals surface area contributed by atoms with Gasteiger partial charge in [-0.05, 0) is 56.2 Å². The third kappa shape index (κ3) is 4.02. The van der Waals surface area contributed by atoms with Crippen molar-refractivity contribution in [2.75, 3.05) is 11.1 Å². The van der Waals surface area contributed by atoms with Gasteiger partial charge in [0.2, 0.25) is 5.91 Å². The van der Waals surface area contributed by atoms with Gasteiger partial charge in [-0.15, -0.1) is 11.8 Å². The number of anilines is 2. The van der Waals surface area contributed by atoms with Gasteiger partial charge in [0.05, 0.1) is 16.6 Å². The predicted molar refractivity (Wildman–Crippen MR) is 90.7 cm³/mol. The molecule has 110 valence electrons. The third-order valence-corrected chi connectivity index (χ3v) is 4.47. The highest BCUT2D eigenvalue weighted by atomic mass is 32.2. The number of thioether (sulfide) groups is 1. The van der Waals surface area contributed by atoms with Crippen molar-refractivity contribution in [1.82, 2.24) is 0 Å². The van der Waals surface area contributed by atoms with Crippen molar-refractivity contribution >= 4 is 29.0 Å². The van der Waals surface area contributed by atoms with Crippen LogP contribution in [-0.4, -0.2) is 11.2 Å². The average Bonchev–Trinajstić information content (AvgIpc) is 2.45. The molecule has 0 saturated carbocycles. The number of hydrogen-bond donors (Lipinski definition) is 2. The fourth-order valence-electron chi connectivity index (χ4n) is 1.89. The van der Waals surface area contributed by atoms with Gasteiger partial charge in [0.15, 0.2) is 0 Å². The molecule has 1 unspecified atom stereocenters. The van der Waals surface area contributed by atoms with E-state index in [1.54, 1.807) is 23.9 Å². The molecule has 0 fully saturated rings. The molecule has 0 aliphatic heterocycles. The van der Waals surface area contributed by atoms with E-state index in [2.05, 4.69) is 31.3 Å². The van der Waals surface area contributed by atoms with E-state index in [1.165, 1.54) is 11.1 Å². The van der Waals surface area contributed by atoms with Crippen molar-refractivity contribution < 1.29 is 4.79 Å². The van der Waals surface area contributed by atoms with Crippen molar-refractivity contribution in [3.8, 4) is 0 Å². The Kier molecular flexibility index (Phi) is 4.91. The van der Waals surface area contributed by atoms with E-state index in [-0.39, 0.29) is 11.2 Å². The molecule has 0 aromatic heterocycles. The van der Waals surface area contributed by atoms with Crippen molar-refractivity contribution in [3.05, 3.63) is 53.6 Å². The fourth-order valence-corrected chi connectivity index (χ4v) is 2.86. The maximum Gasteiger partial charge on any atom is 0.237 e. The van der Waals surface area contributed by atoms with Crippen LogP contribution in [0.5, 0.6) is 0 Å². The maximum absolute atomic E-state index is 12.2. The van der Waals surface area contributed by atoms with Crippen LogP contribution in [0.2, 0.25) is 0 Å². The van der Waals surface area contributed by atoms with E-state index in [0.717, 1.165) is 4.90 Å². The summed E-state index contributed by atoms with van der Waals surface area (Å²) in [5.41, 5.74) is 9.57. The number of nitrogen functional groups attached to an aromatic ring is 1. The van der Waals surface area contributed by atoms with Crippen LogP contribution in [0.25, 0.3) is 0 Å². The van der Waals surface area contributed by atoms with E-state index in [1.807, 2.05) is 25.1 Å². The molecule has 0 heterocycles. The van der Waals surface area contributed by atoms with Gasteiger partial charge in [0, 0.05) is 4.90 Å². The van der Waals surface area contributed by atoms with E-state index >= 15 is 0 Å². The molecule has 0 radical (unpaired) electrons. The fraction of sp³-hybridized carbons (Fsp3) is 0.235. The Morgan fingerprint density at radius 3 is 2.52 bits per heavy atom. The number of nitrogens with two attached hydrogens (primary N) is 1. The van der Waals surface area contributed by atoms with Crippen molar-refractivity contribution in [2.45, 2.75) is 30.9 Å². The molecule has 1 amide bonds. The summed E-state index contributed by atoms with van der Waals surface area (Å²) < 4.78 is 0. The summed E-state index contributed by atoms with van der Waals surface area (Å²) in [6, 6.07) is 13.5. The number of aryl methyl sites for hydroxylation is 2. The SMILES string of the molecule is Cc1ccc(SC(C)C(=O)Nc2ccccc2N)cc1C. The summed E-state index contributed by atoms with van der Waals surface area (Å²) in [5.74, 6) is -0.0453. The molecule has 2 aromatic rings. The first-order chi connectivity index (χ1) is 9.97. The molecule has 1 atom stereocenters. The van der Waals surface area contributed by atoms with Gasteiger partial charge < -0.3 is 11.1 Å². The minimum absolute atomic E-state index is 0.0453. The highest BCUT2D eigenvalue weighted by Crippen LogP contribution is 2.26. The number of hydrogen-bond acceptors (Lipinski definition) is 3. The Morgan fingerprint density at radius 2 is 1.86 bits per heavy atom. The molecule has 2 rings (SSSR count). The van der Waals surface area contributed by atoms with Crippen molar-refractivity contribution in [3.63, 3.8) is 0 Å². The monoisotopic (exact) mass is 300 g/mol. The van der Waals surface area contributed by atoms with Crippen LogP contribution in [0, 0.1) is 13.8 Å². The molecule has 21 heavy (non-hydrogen) atoms. The smallest absolute Gasteiger partial charge is 0.237 e. The Bertz CT molecular complexity index is 655. The second kappa shape index (κ2) is 6.68. The van der Waals surface area contributed by atoms with Gasteiger partial charge in [0.25, 0.3) is 0 Å². The first kappa shape index (κ1) is 15.4. The number of nitrogens with one attached hydrogen (secondary N) is 1. The Morgan fingerprint density at radius 1 is 1.14 bits per heavy atom. The van der Waals surface area contributed by atoms with Crippen LogP contribution >= 0.6 is 11.8 Å². The lowest BCUT2D eigenvalue weighted by Gasteiger charge is -2.14. The quantitative estimate of drug-likeness (QED) is 0.662. The van der Waals surface area contributed by atoms with Crippen LogP contribution < -0.4 is 11.1 Å². The number of benzene rings is 2. The van der Waals surface area contributed by atoms with Gasteiger partial charge in [0.1, 0.15) is 0 Å². The summed E-state index contributed by atoms with van der Waals surface area (Å²) >= 11 is 1.55. The summed E-state index contributed by atoms with van der Waals surface area (Å²) in [4.78, 5) is 13.3. The average molecular weight is 300 g/mol. The summed E-state index contributed by atoms with van der Waals surface area (Å²) in [5, 5.41) is 2.68. The third-order valence-electron chi connectivity index (χ3n) is 3.38. The Labute approximate surface area is 129 Å². The van der Waals surface area contributed by atoms with E-state index in [0.29, 0.717) is 11.4 Å². The van der Waals surface area contributed by atoms with Gasteiger partial charge in [-0.25, -0.2) is 0 Å². The van der Waals surface area contributed by atoms with Crippen LogP contribution in [-0.2, 0) is 4.79 Å². The molecule has 0 saturated heterocycles. The summed E-state index contributed by atoms with van der Waals surface area (Å²) in [7, 11) is 0. The van der Waals surface area contributed by atoms with Crippen molar-refractivity contribution in [2.24, 2.45) is 0 Å². The number of rotatable bonds is 4. The molecule has 3 N–H and O–H groups in total. The van der Waals surface area contributed by atoms with Gasteiger partial charge in [-0.1, -0.05) is 18.2 Å². The van der Waals surface area contributed by atoms with E-state index in [9.17, 15) is 4.79 Å². The second-order valence-electron chi connectivity index (χ2n) is 5.08. The molecule has 3 nitrogen and oxygen atoms in total. The molecular weight excluding hydrogens is 280 g/mol. The molecular formula is C17H20N2OS. The largest absolute Gasteiger partial charge is 0.397 e. The van der Waals surface area contributed by atoms with Gasteiger partial charge >= 0.3 is 0 Å². The Balaban J connectivity index is 2.02. The topological polar surface area (TPSA) is 55.1 Å². The second-order valence-corrected chi connectivity index (χ2v) is 6.50. The number of para-hydroxylation sites is 2. The van der Waals surface area contributed by atoms with Crippen LogP contribution in [0.15, 0.2) is 47.4 Å². The first-order valence-electron chi connectivity index (χ1n) is 6.86. The van der Waals surface area contributed by atoms with Crippen molar-refractivity contribution in [1.29, 1.82) is 0 Å². The van der Waals surface area contributed by atoms with E-state index < -0.39 is 0 Å². The first-order valence-corrected chi connectivity index (χ1v) is 7.74. The minimum atomic E-state index is -0.188. The zero-order valence-corrected chi connectivity index (χ0v) is 13.3. The highest BCUT2D eigenvalue weighted by Gasteiger charge is 2.15. The van der Waals surface area contributed by atoms with Gasteiger partial charge in [-0.3, -0.25) is 4.79 Å². The van der Waals surface area contributed by atoms with Crippen LogP contribution in [0.3, 0.4) is 0 Å². The molecule has 0 aliphatic rings. The van der Waals surface area contributed by atoms with E-state index in [4.69, 9.17) is 5.73 Å². The zero-order valence-electron chi connectivity index (χ0n) is 12.5. The molecule has 0 spiro atoms. The highest BCUT2D eigenvalue weighted by molar-refractivity contribution is 8.00.